The van der Waals surface area contributed by atoms with Crippen LogP contribution in [0.3, 0.4) is 0 Å². The van der Waals surface area contributed by atoms with Crippen molar-refractivity contribution in [3.05, 3.63) is 150 Å². The van der Waals surface area contributed by atoms with Crippen molar-refractivity contribution < 1.29 is 0 Å². The van der Waals surface area contributed by atoms with Gasteiger partial charge in [-0.05, 0) is 90.7 Å². The lowest BCUT2D eigenvalue weighted by Crippen LogP contribution is -2.30. The summed E-state index contributed by atoms with van der Waals surface area (Å²) in [5.41, 5.74) is 11.9. The molecule has 5 aliphatic rings. The maximum absolute atomic E-state index is 7.58. The highest BCUT2D eigenvalue weighted by Crippen LogP contribution is 2.49. The van der Waals surface area contributed by atoms with E-state index in [1.807, 2.05) is 0 Å². The van der Waals surface area contributed by atoms with Crippen molar-refractivity contribution in [3.63, 3.8) is 0 Å². The van der Waals surface area contributed by atoms with Gasteiger partial charge in [-0.1, -0.05) is 318 Å². The summed E-state index contributed by atoms with van der Waals surface area (Å²) in [6.07, 6.45) is 64.7. The minimum Gasteiger partial charge on any atom is -0.248 e. The highest BCUT2D eigenvalue weighted by Gasteiger charge is 2.38. The molecule has 2 aromatic rings. The van der Waals surface area contributed by atoms with Crippen molar-refractivity contribution in [1.82, 2.24) is 0 Å². The Bertz CT molecular complexity index is 2680. The van der Waals surface area contributed by atoms with Gasteiger partial charge in [0.15, 0.2) is 0 Å². The standard InChI is InChI=1S/C74H107ClN2.HI/c1-7-9-11-13-15-17-19-21-23-25-27-29-31-33-35-37-46-60-64(73(3,4)56-68-70(60)62-48-39-41-50-66(62)76-68)54-52-58-44-43-45-59(72(58)75)53-55-65-61(71-63-49-40-42-51-67(63)77-69(71)57-74(65,5)6)47-38-36-34-32-30-28-26-24-22-20-18-16-14-12-10-8-2;/h39-42,48-57,60H,7-38,43-47H2,1-6H3;1H. The predicted octanol–water partition coefficient (Wildman–Crippen LogP) is 21.7. The summed E-state index contributed by atoms with van der Waals surface area (Å²) in [6, 6.07) is 17.7. The van der Waals surface area contributed by atoms with Crippen molar-refractivity contribution >= 4 is 46.7 Å². The molecule has 2 aromatic carbocycles. The second-order valence-electron chi connectivity index (χ2n) is 25.5. The Morgan fingerprint density at radius 3 is 1.49 bits per heavy atom. The van der Waals surface area contributed by atoms with Crippen LogP contribution < -0.4 is 21.2 Å². The minimum absolute atomic E-state index is 0. The van der Waals surface area contributed by atoms with Crippen LogP contribution in [0.4, 0.5) is 0 Å². The first-order valence-corrected chi connectivity index (χ1v) is 33.1. The normalized spacial score (nSPS) is 19.2. The Morgan fingerprint density at radius 2 is 0.949 bits per heavy atom. The van der Waals surface area contributed by atoms with Crippen molar-refractivity contribution in [2.75, 3.05) is 0 Å². The summed E-state index contributed by atoms with van der Waals surface area (Å²) in [5.74, 6) is 0.350. The summed E-state index contributed by atoms with van der Waals surface area (Å²) < 4.78 is 0. The summed E-state index contributed by atoms with van der Waals surface area (Å²) in [6.45, 7) is 14.2. The number of hydrogen-bond acceptors (Lipinski definition) is 2. The molecule has 0 aromatic heterocycles. The molecule has 78 heavy (non-hydrogen) atoms. The molecule has 0 spiro atoms. The van der Waals surface area contributed by atoms with E-state index < -0.39 is 0 Å². The zero-order valence-corrected chi connectivity index (χ0v) is 53.6. The van der Waals surface area contributed by atoms with E-state index in [0.717, 1.165) is 41.4 Å². The lowest BCUT2D eigenvalue weighted by Gasteiger charge is -2.37. The molecule has 0 N–H and O–H groups in total. The second-order valence-corrected chi connectivity index (χ2v) is 25.9. The summed E-state index contributed by atoms with van der Waals surface area (Å²) in [4.78, 5) is 10.5. The smallest absolute Gasteiger partial charge is 0.0716 e. The largest absolute Gasteiger partial charge is 0.248 e. The fourth-order valence-electron chi connectivity index (χ4n) is 13.6. The molecular formula is C74H108ClIN2. The van der Waals surface area contributed by atoms with Gasteiger partial charge in [0.2, 0.25) is 0 Å². The third-order valence-electron chi connectivity index (χ3n) is 18.2. The zero-order valence-electron chi connectivity index (χ0n) is 50.5. The van der Waals surface area contributed by atoms with E-state index in [4.69, 9.17) is 21.6 Å². The van der Waals surface area contributed by atoms with Crippen molar-refractivity contribution in [2.45, 2.75) is 279 Å². The number of rotatable bonds is 37. The molecule has 0 saturated carbocycles. The molecule has 0 radical (unpaired) electrons. The van der Waals surface area contributed by atoms with Crippen LogP contribution >= 0.6 is 35.6 Å². The lowest BCUT2D eigenvalue weighted by atomic mass is 9.67. The molecule has 2 nitrogen and oxygen atoms in total. The molecule has 7 rings (SSSR count). The molecule has 2 heterocycles. The van der Waals surface area contributed by atoms with Gasteiger partial charge in [-0.2, -0.15) is 0 Å². The molecule has 0 amide bonds. The van der Waals surface area contributed by atoms with Crippen LogP contribution in [0, 0.1) is 16.7 Å². The number of para-hydroxylation sites is 2. The van der Waals surface area contributed by atoms with Crippen LogP contribution in [0.2, 0.25) is 0 Å². The Balaban J connectivity index is 0.00000984. The van der Waals surface area contributed by atoms with Gasteiger partial charge in [0, 0.05) is 37.8 Å². The van der Waals surface area contributed by atoms with E-state index in [1.165, 1.54) is 273 Å². The van der Waals surface area contributed by atoms with Crippen LogP contribution in [0.5, 0.6) is 0 Å². The molecule has 1 atom stereocenters. The maximum atomic E-state index is 7.58. The van der Waals surface area contributed by atoms with Gasteiger partial charge < -0.3 is 0 Å². The lowest BCUT2D eigenvalue weighted by molar-refractivity contribution is 0.463. The fraction of sp³-hybridized carbons (Fsp3) is 0.622. The number of halogens is 2. The van der Waals surface area contributed by atoms with Gasteiger partial charge in [0.1, 0.15) is 0 Å². The fourth-order valence-corrected chi connectivity index (χ4v) is 14.0. The number of unbranched alkanes of at least 4 members (excludes halogenated alkanes) is 30. The Morgan fingerprint density at radius 1 is 0.500 bits per heavy atom. The van der Waals surface area contributed by atoms with Crippen LogP contribution in [0.15, 0.2) is 139 Å². The van der Waals surface area contributed by atoms with Gasteiger partial charge in [0.05, 0.1) is 22.1 Å². The second kappa shape index (κ2) is 34.4. The third kappa shape index (κ3) is 19.0. The summed E-state index contributed by atoms with van der Waals surface area (Å²) in [5, 5.41) is 5.84. The zero-order chi connectivity index (χ0) is 54.1. The Hall–Kier alpha value is -3.02. The van der Waals surface area contributed by atoms with Gasteiger partial charge in [0.25, 0.3) is 0 Å². The molecule has 0 bridgehead atoms. The molecule has 4 heteroatoms. The number of benzene rings is 2. The SMILES string of the molecule is CCCCCCCCCCCCCCCCCCC1=C(C=CC2=C(Cl)C(=CC=C3C(CCCCCCCCCCCCCCCCCC)C4=c5ccccc5=NC4=CC3(C)C)CCC2)C(C)(C)C=C2N=c3ccccc3=C21.I. The van der Waals surface area contributed by atoms with E-state index in [9.17, 15) is 0 Å². The highest BCUT2D eigenvalue weighted by molar-refractivity contribution is 14.0. The van der Waals surface area contributed by atoms with E-state index in [0.29, 0.717) is 5.92 Å². The van der Waals surface area contributed by atoms with Crippen molar-refractivity contribution in [1.29, 1.82) is 0 Å². The molecule has 428 valence electrons. The van der Waals surface area contributed by atoms with E-state index in [1.54, 1.807) is 0 Å². The van der Waals surface area contributed by atoms with Gasteiger partial charge in [-0.3, -0.25) is 0 Å². The number of hydrogen-bond donors (Lipinski definition) is 0. The van der Waals surface area contributed by atoms with Crippen LogP contribution in [0.25, 0.3) is 11.1 Å². The monoisotopic (exact) mass is 1190 g/mol. The summed E-state index contributed by atoms with van der Waals surface area (Å²) in [7, 11) is 0. The van der Waals surface area contributed by atoms with E-state index >= 15 is 0 Å². The molecule has 3 aliphatic carbocycles. The summed E-state index contributed by atoms with van der Waals surface area (Å²) >= 11 is 7.58. The molecule has 0 fully saturated rings. The maximum Gasteiger partial charge on any atom is 0.0716 e. The average molecular weight is 1190 g/mol. The number of allylic oxidation sites excluding steroid dienone is 13. The van der Waals surface area contributed by atoms with Gasteiger partial charge >= 0.3 is 0 Å². The highest BCUT2D eigenvalue weighted by atomic mass is 127. The first kappa shape index (κ1) is 64.2. The van der Waals surface area contributed by atoms with Crippen molar-refractivity contribution in [3.8, 4) is 0 Å². The topological polar surface area (TPSA) is 24.7 Å². The first-order valence-electron chi connectivity index (χ1n) is 32.7. The Labute approximate surface area is 499 Å². The quantitative estimate of drug-likeness (QED) is 0.0476. The number of fused-ring (bicyclic) bond motifs is 4. The minimum atomic E-state index is -0.140. The number of nitrogens with zero attached hydrogens (tertiary/aromatic N) is 2. The van der Waals surface area contributed by atoms with Crippen molar-refractivity contribution in [2.24, 2.45) is 26.7 Å². The predicted molar refractivity (Wildman–Crippen MR) is 351 cm³/mol. The van der Waals surface area contributed by atoms with Crippen LogP contribution in [-0.4, -0.2) is 0 Å². The average Bonchev–Trinajstić information content (AvgIpc) is 4.14. The third-order valence-corrected chi connectivity index (χ3v) is 18.6. The first-order chi connectivity index (χ1) is 37.6. The van der Waals surface area contributed by atoms with Crippen LogP contribution in [0.1, 0.15) is 279 Å². The molecule has 1 unspecified atom stereocenters. The van der Waals surface area contributed by atoms with Gasteiger partial charge in [-0.15, -0.1) is 24.0 Å². The molecular weight excluding hydrogens is 1080 g/mol. The molecule has 0 saturated heterocycles. The van der Waals surface area contributed by atoms with E-state index in [2.05, 4.69) is 127 Å². The van der Waals surface area contributed by atoms with Gasteiger partial charge in [-0.25, -0.2) is 9.98 Å². The molecule has 2 aliphatic heterocycles. The van der Waals surface area contributed by atoms with Crippen LogP contribution in [-0.2, 0) is 0 Å². The Kier molecular flexibility index (Phi) is 28.3. The van der Waals surface area contributed by atoms with E-state index in [-0.39, 0.29) is 34.8 Å².